The molecular formula is C21H16N4O2. The molecule has 0 saturated heterocycles. The second-order valence-corrected chi connectivity index (χ2v) is 6.14. The van der Waals surface area contributed by atoms with Crippen LogP contribution in [0, 0.1) is 6.92 Å². The van der Waals surface area contributed by atoms with Gasteiger partial charge in [0.15, 0.2) is 5.82 Å². The SMILES string of the molecule is Cc1cccc(N=Nc2c(-c3ccccc3)nc3ccc(C(=O)O)cn23)c1. The zero-order valence-corrected chi connectivity index (χ0v) is 14.6. The number of benzene rings is 2. The molecule has 0 aliphatic heterocycles. The molecule has 132 valence electrons. The largest absolute Gasteiger partial charge is 0.478 e. The van der Waals surface area contributed by atoms with Gasteiger partial charge in [0.25, 0.3) is 0 Å². The van der Waals surface area contributed by atoms with Crippen molar-refractivity contribution in [3.63, 3.8) is 0 Å². The average molecular weight is 356 g/mol. The van der Waals surface area contributed by atoms with Gasteiger partial charge < -0.3 is 5.11 Å². The van der Waals surface area contributed by atoms with Gasteiger partial charge in [-0.1, -0.05) is 42.5 Å². The fraction of sp³-hybridized carbons (Fsp3) is 0.0476. The molecule has 2 aromatic heterocycles. The van der Waals surface area contributed by atoms with Crippen molar-refractivity contribution in [2.75, 3.05) is 0 Å². The summed E-state index contributed by atoms with van der Waals surface area (Å²) in [5, 5.41) is 18.1. The Morgan fingerprint density at radius 2 is 1.81 bits per heavy atom. The Balaban J connectivity index is 1.91. The number of rotatable bonds is 4. The lowest BCUT2D eigenvalue weighted by molar-refractivity contribution is 0.0696. The van der Waals surface area contributed by atoms with Crippen LogP contribution in [0.25, 0.3) is 16.9 Å². The summed E-state index contributed by atoms with van der Waals surface area (Å²) in [5.41, 5.74) is 4.11. The zero-order valence-electron chi connectivity index (χ0n) is 14.6. The highest BCUT2D eigenvalue weighted by atomic mass is 16.4. The molecule has 2 aromatic carbocycles. The van der Waals surface area contributed by atoms with E-state index in [1.54, 1.807) is 10.5 Å². The number of imidazole rings is 1. The number of hydrogen-bond acceptors (Lipinski definition) is 4. The molecular weight excluding hydrogens is 340 g/mol. The molecule has 27 heavy (non-hydrogen) atoms. The first kappa shape index (κ1) is 16.7. The summed E-state index contributed by atoms with van der Waals surface area (Å²) in [6.07, 6.45) is 1.52. The fourth-order valence-corrected chi connectivity index (χ4v) is 2.84. The van der Waals surface area contributed by atoms with Crippen LogP contribution in [0.4, 0.5) is 11.5 Å². The normalized spacial score (nSPS) is 11.3. The number of carbonyl (C=O) groups is 1. The number of aryl methyl sites for hydroxylation is 1. The Labute approximate surface area is 155 Å². The maximum Gasteiger partial charge on any atom is 0.337 e. The molecule has 0 saturated carbocycles. The molecule has 1 N–H and O–H groups in total. The van der Waals surface area contributed by atoms with Gasteiger partial charge in [-0.2, -0.15) is 0 Å². The minimum atomic E-state index is -1.01. The van der Waals surface area contributed by atoms with Crippen molar-refractivity contribution in [1.82, 2.24) is 9.38 Å². The van der Waals surface area contributed by atoms with Gasteiger partial charge >= 0.3 is 5.97 Å². The highest BCUT2D eigenvalue weighted by Gasteiger charge is 2.15. The molecule has 0 spiro atoms. The second kappa shape index (κ2) is 6.84. The van der Waals surface area contributed by atoms with Crippen LogP contribution in [0.15, 0.2) is 83.2 Å². The Kier molecular flexibility index (Phi) is 4.22. The Morgan fingerprint density at radius 1 is 1.00 bits per heavy atom. The summed E-state index contributed by atoms with van der Waals surface area (Å²) in [7, 11) is 0. The van der Waals surface area contributed by atoms with E-state index in [0.717, 1.165) is 16.8 Å². The second-order valence-electron chi connectivity index (χ2n) is 6.14. The molecule has 0 radical (unpaired) electrons. The van der Waals surface area contributed by atoms with Gasteiger partial charge in [-0.3, -0.25) is 4.40 Å². The minimum absolute atomic E-state index is 0.159. The van der Waals surface area contributed by atoms with E-state index in [9.17, 15) is 9.90 Å². The summed E-state index contributed by atoms with van der Waals surface area (Å²) in [4.78, 5) is 16.0. The number of carboxylic acid groups (broad SMARTS) is 1. The van der Waals surface area contributed by atoms with E-state index in [2.05, 4.69) is 15.2 Å². The van der Waals surface area contributed by atoms with Crippen LogP contribution in [0.1, 0.15) is 15.9 Å². The third kappa shape index (κ3) is 3.32. The summed E-state index contributed by atoms with van der Waals surface area (Å²) < 4.78 is 1.66. The lowest BCUT2D eigenvalue weighted by atomic mass is 10.1. The number of aromatic nitrogens is 2. The van der Waals surface area contributed by atoms with E-state index < -0.39 is 5.97 Å². The number of nitrogens with zero attached hydrogens (tertiary/aromatic N) is 4. The Hall–Kier alpha value is -3.80. The molecule has 4 aromatic rings. The highest BCUT2D eigenvalue weighted by Crippen LogP contribution is 2.32. The van der Waals surface area contributed by atoms with Crippen LogP contribution in [-0.4, -0.2) is 20.5 Å². The third-order valence-electron chi connectivity index (χ3n) is 4.15. The quantitative estimate of drug-likeness (QED) is 0.496. The fourth-order valence-electron chi connectivity index (χ4n) is 2.84. The van der Waals surface area contributed by atoms with Crippen molar-refractivity contribution in [1.29, 1.82) is 0 Å². The van der Waals surface area contributed by atoms with Crippen LogP contribution in [0.3, 0.4) is 0 Å². The van der Waals surface area contributed by atoms with E-state index >= 15 is 0 Å². The summed E-state index contributed by atoms with van der Waals surface area (Å²) >= 11 is 0. The number of aromatic carboxylic acids is 1. The Bertz CT molecular complexity index is 1160. The lowest BCUT2D eigenvalue weighted by Gasteiger charge is -2.01. The molecule has 0 aliphatic rings. The van der Waals surface area contributed by atoms with Gasteiger partial charge in [-0.15, -0.1) is 10.2 Å². The van der Waals surface area contributed by atoms with Crippen LogP contribution in [0.5, 0.6) is 0 Å². The standard InChI is InChI=1S/C21H16N4O2/c1-14-6-5-9-17(12-14)23-24-20-19(15-7-3-2-4-8-15)22-18-11-10-16(21(26)27)13-25(18)20/h2-13H,1H3,(H,26,27). The number of pyridine rings is 1. The summed E-state index contributed by atoms with van der Waals surface area (Å²) in [6.45, 7) is 1.99. The first-order chi connectivity index (χ1) is 13.1. The molecule has 0 fully saturated rings. The number of fused-ring (bicyclic) bond motifs is 1. The first-order valence-electron chi connectivity index (χ1n) is 8.41. The van der Waals surface area contributed by atoms with Gasteiger partial charge in [0, 0.05) is 11.8 Å². The minimum Gasteiger partial charge on any atom is -0.478 e. The topological polar surface area (TPSA) is 79.3 Å². The highest BCUT2D eigenvalue weighted by molar-refractivity contribution is 5.88. The van der Waals surface area contributed by atoms with E-state index in [-0.39, 0.29) is 5.56 Å². The molecule has 6 heteroatoms. The first-order valence-corrected chi connectivity index (χ1v) is 8.41. The van der Waals surface area contributed by atoms with Crippen molar-refractivity contribution < 1.29 is 9.90 Å². The van der Waals surface area contributed by atoms with E-state index in [1.807, 2.05) is 61.5 Å². The van der Waals surface area contributed by atoms with E-state index in [0.29, 0.717) is 17.2 Å². The van der Waals surface area contributed by atoms with Gasteiger partial charge in [-0.25, -0.2) is 9.78 Å². The maximum absolute atomic E-state index is 11.4. The van der Waals surface area contributed by atoms with E-state index in [1.165, 1.54) is 12.3 Å². The van der Waals surface area contributed by atoms with Crippen LogP contribution >= 0.6 is 0 Å². The molecule has 0 atom stereocenters. The number of azo groups is 1. The average Bonchev–Trinajstić information content (AvgIpc) is 3.05. The molecule has 2 heterocycles. The smallest absolute Gasteiger partial charge is 0.337 e. The van der Waals surface area contributed by atoms with Gasteiger partial charge in [0.2, 0.25) is 0 Å². The van der Waals surface area contributed by atoms with Crippen molar-refractivity contribution in [3.05, 3.63) is 84.1 Å². The third-order valence-corrected chi connectivity index (χ3v) is 4.15. The predicted octanol–water partition coefficient (Wildman–Crippen LogP) is 5.42. The van der Waals surface area contributed by atoms with Crippen molar-refractivity contribution >= 4 is 23.1 Å². The van der Waals surface area contributed by atoms with Crippen LogP contribution in [0.2, 0.25) is 0 Å². The van der Waals surface area contributed by atoms with Gasteiger partial charge in [-0.05, 0) is 36.8 Å². The van der Waals surface area contributed by atoms with Crippen LogP contribution in [-0.2, 0) is 0 Å². The van der Waals surface area contributed by atoms with Crippen molar-refractivity contribution in [2.45, 2.75) is 6.92 Å². The molecule has 6 nitrogen and oxygen atoms in total. The lowest BCUT2D eigenvalue weighted by Crippen LogP contribution is -1.98. The summed E-state index contributed by atoms with van der Waals surface area (Å²) in [6, 6.07) is 20.5. The van der Waals surface area contributed by atoms with Crippen molar-refractivity contribution in [2.24, 2.45) is 10.2 Å². The summed E-state index contributed by atoms with van der Waals surface area (Å²) in [5.74, 6) is -0.519. The predicted molar refractivity (Wildman–Crippen MR) is 103 cm³/mol. The molecule has 0 amide bonds. The number of hydrogen-bond donors (Lipinski definition) is 1. The van der Waals surface area contributed by atoms with Crippen molar-refractivity contribution in [3.8, 4) is 11.3 Å². The molecule has 0 aliphatic carbocycles. The van der Waals surface area contributed by atoms with Crippen LogP contribution < -0.4 is 0 Å². The molecule has 4 rings (SSSR count). The zero-order chi connectivity index (χ0) is 18.8. The molecule has 0 unspecified atom stereocenters. The Morgan fingerprint density at radius 3 is 2.56 bits per heavy atom. The monoisotopic (exact) mass is 356 g/mol. The van der Waals surface area contributed by atoms with Gasteiger partial charge in [0.1, 0.15) is 11.3 Å². The maximum atomic E-state index is 11.4. The number of carboxylic acids is 1. The molecule has 0 bridgehead atoms. The van der Waals surface area contributed by atoms with Gasteiger partial charge in [0.05, 0.1) is 11.3 Å². The van der Waals surface area contributed by atoms with E-state index in [4.69, 9.17) is 0 Å².